The molecule has 0 radical (unpaired) electrons. The zero-order valence-electron chi connectivity index (χ0n) is 10.2. The Labute approximate surface area is 106 Å². The molecule has 2 aliphatic heterocycles. The first-order valence-electron chi connectivity index (χ1n) is 6.35. The largest absolute Gasteiger partial charge is 0.354 e. The van der Waals surface area contributed by atoms with Crippen molar-refractivity contribution >= 4 is 11.9 Å². The zero-order chi connectivity index (χ0) is 12.5. The van der Waals surface area contributed by atoms with Crippen molar-refractivity contribution in [3.63, 3.8) is 0 Å². The SMILES string of the molecule is NCc1cnc(N2CCCC3C(=O)NCC32)nc1. The van der Waals surface area contributed by atoms with Crippen LogP contribution in [0.4, 0.5) is 5.95 Å². The number of carbonyl (C=O) groups excluding carboxylic acids is 1. The van der Waals surface area contributed by atoms with Gasteiger partial charge in [-0.05, 0) is 12.8 Å². The summed E-state index contributed by atoms with van der Waals surface area (Å²) in [5.74, 6) is 0.971. The summed E-state index contributed by atoms with van der Waals surface area (Å²) in [5.41, 5.74) is 6.46. The van der Waals surface area contributed by atoms with E-state index in [1.54, 1.807) is 12.4 Å². The number of carbonyl (C=O) groups is 1. The van der Waals surface area contributed by atoms with Gasteiger partial charge in [0.1, 0.15) is 0 Å². The van der Waals surface area contributed by atoms with E-state index in [9.17, 15) is 4.79 Å². The zero-order valence-corrected chi connectivity index (χ0v) is 10.2. The molecule has 3 heterocycles. The van der Waals surface area contributed by atoms with E-state index < -0.39 is 0 Å². The maximum atomic E-state index is 11.7. The Morgan fingerprint density at radius 3 is 2.94 bits per heavy atom. The quantitative estimate of drug-likeness (QED) is 0.746. The summed E-state index contributed by atoms with van der Waals surface area (Å²) in [6.07, 6.45) is 5.50. The number of nitrogens with zero attached hydrogens (tertiary/aromatic N) is 3. The Morgan fingerprint density at radius 2 is 2.22 bits per heavy atom. The van der Waals surface area contributed by atoms with Gasteiger partial charge in [-0.25, -0.2) is 9.97 Å². The topological polar surface area (TPSA) is 84.1 Å². The molecule has 2 fully saturated rings. The molecule has 6 nitrogen and oxygen atoms in total. The maximum Gasteiger partial charge on any atom is 0.225 e. The summed E-state index contributed by atoms with van der Waals surface area (Å²) >= 11 is 0. The molecule has 96 valence electrons. The Balaban J connectivity index is 1.84. The number of rotatable bonds is 2. The van der Waals surface area contributed by atoms with Gasteiger partial charge in [0.05, 0.1) is 12.0 Å². The summed E-state index contributed by atoms with van der Waals surface area (Å²) in [6, 6.07) is 0.204. The Morgan fingerprint density at radius 1 is 1.44 bits per heavy atom. The predicted octanol–water partition coefficient (Wildman–Crippen LogP) is -0.350. The standard InChI is InChI=1S/C12H17N5O/c13-4-8-5-15-12(16-6-8)17-3-1-2-9-10(17)7-14-11(9)18/h5-6,9-10H,1-4,7,13H2,(H,14,18). The molecule has 1 amide bonds. The first-order valence-corrected chi connectivity index (χ1v) is 6.35. The average Bonchev–Trinajstić information content (AvgIpc) is 2.81. The lowest BCUT2D eigenvalue weighted by molar-refractivity contribution is -0.123. The smallest absolute Gasteiger partial charge is 0.225 e. The van der Waals surface area contributed by atoms with E-state index in [1.807, 2.05) is 0 Å². The predicted molar refractivity (Wildman–Crippen MR) is 66.8 cm³/mol. The lowest BCUT2D eigenvalue weighted by atomic mass is 9.92. The van der Waals surface area contributed by atoms with Crippen molar-refractivity contribution in [2.24, 2.45) is 11.7 Å². The molecular formula is C12H17N5O. The third kappa shape index (κ3) is 1.82. The van der Waals surface area contributed by atoms with Crippen molar-refractivity contribution in [1.82, 2.24) is 15.3 Å². The highest BCUT2D eigenvalue weighted by Crippen LogP contribution is 2.29. The van der Waals surface area contributed by atoms with E-state index >= 15 is 0 Å². The van der Waals surface area contributed by atoms with Crippen LogP contribution in [0.2, 0.25) is 0 Å². The molecule has 1 aromatic rings. The number of hydrogen-bond acceptors (Lipinski definition) is 5. The molecule has 0 bridgehead atoms. The lowest BCUT2D eigenvalue weighted by Gasteiger charge is -2.35. The van der Waals surface area contributed by atoms with Gasteiger partial charge >= 0.3 is 0 Å². The molecule has 3 N–H and O–H groups in total. The first kappa shape index (κ1) is 11.4. The highest BCUT2D eigenvalue weighted by Gasteiger charge is 2.41. The van der Waals surface area contributed by atoms with Crippen LogP contribution >= 0.6 is 0 Å². The van der Waals surface area contributed by atoms with Gasteiger partial charge in [0.2, 0.25) is 11.9 Å². The number of piperidine rings is 1. The number of nitrogens with one attached hydrogen (secondary N) is 1. The number of fused-ring (bicyclic) bond motifs is 1. The average molecular weight is 247 g/mol. The molecule has 1 aromatic heterocycles. The maximum absolute atomic E-state index is 11.7. The fourth-order valence-electron chi connectivity index (χ4n) is 2.80. The van der Waals surface area contributed by atoms with Gasteiger partial charge in [0.25, 0.3) is 0 Å². The van der Waals surface area contributed by atoms with E-state index in [1.165, 1.54) is 0 Å². The van der Waals surface area contributed by atoms with Crippen molar-refractivity contribution in [1.29, 1.82) is 0 Å². The molecule has 2 atom stereocenters. The minimum absolute atomic E-state index is 0.0940. The molecule has 3 rings (SSSR count). The molecule has 2 unspecified atom stereocenters. The van der Waals surface area contributed by atoms with E-state index in [0.29, 0.717) is 19.0 Å². The molecule has 2 saturated heterocycles. The number of hydrogen-bond donors (Lipinski definition) is 2. The molecule has 0 saturated carbocycles. The second-order valence-electron chi connectivity index (χ2n) is 4.85. The van der Waals surface area contributed by atoms with Gasteiger partial charge in [-0.15, -0.1) is 0 Å². The fourth-order valence-corrected chi connectivity index (χ4v) is 2.80. The lowest BCUT2D eigenvalue weighted by Crippen LogP contribution is -2.46. The summed E-state index contributed by atoms with van der Waals surface area (Å²) in [7, 11) is 0. The Kier molecular flexibility index (Phi) is 2.87. The Bertz CT molecular complexity index is 446. The summed E-state index contributed by atoms with van der Waals surface area (Å²) < 4.78 is 0. The van der Waals surface area contributed by atoms with Gasteiger partial charge in [-0.1, -0.05) is 0 Å². The number of aromatic nitrogens is 2. The first-order chi connectivity index (χ1) is 8.79. The third-order valence-electron chi connectivity index (χ3n) is 3.79. The molecular weight excluding hydrogens is 230 g/mol. The number of amides is 1. The van der Waals surface area contributed by atoms with E-state index in [-0.39, 0.29) is 17.9 Å². The van der Waals surface area contributed by atoms with Crippen LogP contribution in [-0.4, -0.2) is 35.0 Å². The van der Waals surface area contributed by atoms with E-state index in [2.05, 4.69) is 20.2 Å². The van der Waals surface area contributed by atoms with Crippen molar-refractivity contribution in [2.75, 3.05) is 18.0 Å². The van der Waals surface area contributed by atoms with Crippen LogP contribution in [0.3, 0.4) is 0 Å². The minimum Gasteiger partial charge on any atom is -0.354 e. The summed E-state index contributed by atoms with van der Waals surface area (Å²) in [6.45, 7) is 2.07. The molecule has 2 aliphatic rings. The van der Waals surface area contributed by atoms with Crippen LogP contribution in [0.5, 0.6) is 0 Å². The van der Waals surface area contributed by atoms with Crippen LogP contribution < -0.4 is 16.0 Å². The molecule has 0 aromatic carbocycles. The Hall–Kier alpha value is -1.69. The van der Waals surface area contributed by atoms with Crippen molar-refractivity contribution in [2.45, 2.75) is 25.4 Å². The van der Waals surface area contributed by atoms with Gasteiger partial charge < -0.3 is 16.0 Å². The van der Waals surface area contributed by atoms with E-state index in [0.717, 1.165) is 24.9 Å². The summed E-state index contributed by atoms with van der Waals surface area (Å²) in [5, 5.41) is 2.93. The molecule has 6 heteroatoms. The molecule has 18 heavy (non-hydrogen) atoms. The van der Waals surface area contributed by atoms with Crippen molar-refractivity contribution < 1.29 is 4.79 Å². The van der Waals surface area contributed by atoms with Gasteiger partial charge in [0, 0.05) is 37.6 Å². The van der Waals surface area contributed by atoms with Crippen molar-refractivity contribution in [3.05, 3.63) is 18.0 Å². The van der Waals surface area contributed by atoms with E-state index in [4.69, 9.17) is 5.73 Å². The van der Waals surface area contributed by atoms with Crippen LogP contribution in [-0.2, 0) is 11.3 Å². The van der Waals surface area contributed by atoms with Gasteiger partial charge in [-0.3, -0.25) is 4.79 Å². The number of nitrogens with two attached hydrogens (primary N) is 1. The second kappa shape index (κ2) is 4.53. The minimum atomic E-state index is 0.0940. The third-order valence-corrected chi connectivity index (χ3v) is 3.79. The highest BCUT2D eigenvalue weighted by atomic mass is 16.2. The van der Waals surface area contributed by atoms with Crippen LogP contribution in [0.1, 0.15) is 18.4 Å². The normalized spacial score (nSPS) is 26.9. The fraction of sp³-hybridized carbons (Fsp3) is 0.583. The van der Waals surface area contributed by atoms with Crippen LogP contribution in [0.15, 0.2) is 12.4 Å². The van der Waals surface area contributed by atoms with Gasteiger partial charge in [-0.2, -0.15) is 0 Å². The number of anilines is 1. The summed E-state index contributed by atoms with van der Waals surface area (Å²) in [4.78, 5) is 22.5. The molecule has 0 spiro atoms. The monoisotopic (exact) mass is 247 g/mol. The molecule has 0 aliphatic carbocycles. The van der Waals surface area contributed by atoms with Crippen molar-refractivity contribution in [3.8, 4) is 0 Å². The highest BCUT2D eigenvalue weighted by molar-refractivity contribution is 5.82. The van der Waals surface area contributed by atoms with Crippen LogP contribution in [0, 0.1) is 5.92 Å². The van der Waals surface area contributed by atoms with Crippen LogP contribution in [0.25, 0.3) is 0 Å². The van der Waals surface area contributed by atoms with Gasteiger partial charge in [0.15, 0.2) is 0 Å². The second-order valence-corrected chi connectivity index (χ2v) is 4.85.